The van der Waals surface area contributed by atoms with Gasteiger partial charge in [-0.3, -0.25) is 4.79 Å². The number of benzene rings is 2. The molecular formula is C19H19NO3. The molecule has 2 aromatic rings. The lowest BCUT2D eigenvalue weighted by Crippen LogP contribution is -2.21. The molecule has 0 spiro atoms. The van der Waals surface area contributed by atoms with Crippen LogP contribution in [0.1, 0.15) is 16.7 Å². The van der Waals surface area contributed by atoms with Crippen LogP contribution in [-0.2, 0) is 4.79 Å². The van der Waals surface area contributed by atoms with Gasteiger partial charge in [-0.25, -0.2) is 0 Å². The Balaban J connectivity index is 1.83. The van der Waals surface area contributed by atoms with Crippen LogP contribution in [0.4, 0.5) is 5.69 Å². The molecule has 3 rings (SSSR count). The number of hydrogen-bond donors (Lipinski definition) is 1. The fourth-order valence-electron chi connectivity index (χ4n) is 2.57. The summed E-state index contributed by atoms with van der Waals surface area (Å²) in [7, 11) is 1.61. The number of aryl methyl sites for hydroxylation is 2. The van der Waals surface area contributed by atoms with E-state index in [1.165, 1.54) is 5.56 Å². The molecule has 1 heterocycles. The second-order valence-corrected chi connectivity index (χ2v) is 5.63. The quantitative estimate of drug-likeness (QED) is 0.940. The van der Waals surface area contributed by atoms with Crippen LogP contribution in [0.2, 0.25) is 0 Å². The zero-order valence-corrected chi connectivity index (χ0v) is 13.5. The SMILES string of the molecule is COc1ccc2c(c1)C=C(C(=O)Nc1ccc(C)cc1C)CO2. The zero-order valence-electron chi connectivity index (χ0n) is 13.5. The molecule has 2 aromatic carbocycles. The Bertz CT molecular complexity index is 793. The van der Waals surface area contributed by atoms with Crippen molar-refractivity contribution in [1.82, 2.24) is 0 Å². The average Bonchev–Trinajstić information content (AvgIpc) is 2.56. The number of hydrogen-bond acceptors (Lipinski definition) is 3. The largest absolute Gasteiger partial charge is 0.497 e. The van der Waals surface area contributed by atoms with Crippen LogP contribution in [0.15, 0.2) is 42.0 Å². The minimum Gasteiger partial charge on any atom is -0.497 e. The number of carbonyl (C=O) groups excluding carboxylic acids is 1. The van der Waals surface area contributed by atoms with E-state index in [4.69, 9.17) is 9.47 Å². The van der Waals surface area contributed by atoms with E-state index in [-0.39, 0.29) is 12.5 Å². The molecule has 0 unspecified atom stereocenters. The summed E-state index contributed by atoms with van der Waals surface area (Å²) in [5.41, 5.74) is 4.46. The van der Waals surface area contributed by atoms with Crippen molar-refractivity contribution in [3.05, 3.63) is 58.7 Å². The van der Waals surface area contributed by atoms with Gasteiger partial charge in [0.2, 0.25) is 0 Å². The van der Waals surface area contributed by atoms with Gasteiger partial charge in [-0.2, -0.15) is 0 Å². The smallest absolute Gasteiger partial charge is 0.255 e. The van der Waals surface area contributed by atoms with Crippen molar-refractivity contribution in [1.29, 1.82) is 0 Å². The topological polar surface area (TPSA) is 47.6 Å². The molecule has 0 atom stereocenters. The molecule has 0 saturated carbocycles. The molecule has 0 saturated heterocycles. The molecule has 0 fully saturated rings. The Labute approximate surface area is 135 Å². The maximum atomic E-state index is 12.5. The van der Waals surface area contributed by atoms with Gasteiger partial charge in [0, 0.05) is 11.3 Å². The van der Waals surface area contributed by atoms with Crippen LogP contribution in [0.5, 0.6) is 11.5 Å². The van der Waals surface area contributed by atoms with Gasteiger partial charge in [-0.15, -0.1) is 0 Å². The first-order valence-electron chi connectivity index (χ1n) is 7.47. The van der Waals surface area contributed by atoms with E-state index in [1.54, 1.807) is 7.11 Å². The summed E-state index contributed by atoms with van der Waals surface area (Å²) in [5, 5.41) is 2.95. The fourth-order valence-corrected chi connectivity index (χ4v) is 2.57. The van der Waals surface area contributed by atoms with Crippen LogP contribution < -0.4 is 14.8 Å². The van der Waals surface area contributed by atoms with Crippen LogP contribution >= 0.6 is 0 Å². The van der Waals surface area contributed by atoms with Crippen LogP contribution in [0.25, 0.3) is 6.08 Å². The van der Waals surface area contributed by atoms with E-state index in [0.717, 1.165) is 28.3 Å². The van der Waals surface area contributed by atoms with E-state index in [1.807, 2.05) is 56.3 Å². The molecule has 0 aliphatic carbocycles. The Morgan fingerprint density at radius 1 is 1.17 bits per heavy atom. The van der Waals surface area contributed by atoms with Crippen molar-refractivity contribution in [2.24, 2.45) is 0 Å². The van der Waals surface area contributed by atoms with Crippen molar-refractivity contribution in [2.75, 3.05) is 19.0 Å². The van der Waals surface area contributed by atoms with Crippen molar-refractivity contribution in [3.63, 3.8) is 0 Å². The fraction of sp³-hybridized carbons (Fsp3) is 0.211. The molecule has 1 aliphatic rings. The van der Waals surface area contributed by atoms with E-state index >= 15 is 0 Å². The van der Waals surface area contributed by atoms with Gasteiger partial charge >= 0.3 is 0 Å². The van der Waals surface area contributed by atoms with Crippen LogP contribution in [-0.4, -0.2) is 19.6 Å². The third-order valence-corrected chi connectivity index (χ3v) is 3.85. The first-order valence-corrected chi connectivity index (χ1v) is 7.47. The third-order valence-electron chi connectivity index (χ3n) is 3.85. The first kappa shape index (κ1) is 15.2. The maximum Gasteiger partial charge on any atom is 0.255 e. The van der Waals surface area contributed by atoms with Gasteiger partial charge in [0.25, 0.3) is 5.91 Å². The summed E-state index contributed by atoms with van der Waals surface area (Å²) in [6.07, 6.45) is 1.85. The average molecular weight is 309 g/mol. The highest BCUT2D eigenvalue weighted by Crippen LogP contribution is 2.30. The van der Waals surface area contributed by atoms with Gasteiger partial charge in [0.05, 0.1) is 12.7 Å². The molecule has 1 amide bonds. The molecule has 0 radical (unpaired) electrons. The summed E-state index contributed by atoms with van der Waals surface area (Å²) in [6.45, 7) is 4.27. The Kier molecular flexibility index (Phi) is 4.06. The van der Waals surface area contributed by atoms with Gasteiger partial charge in [0.1, 0.15) is 18.1 Å². The molecule has 4 nitrogen and oxygen atoms in total. The Hall–Kier alpha value is -2.75. The summed E-state index contributed by atoms with van der Waals surface area (Å²) in [4.78, 5) is 12.5. The van der Waals surface area contributed by atoms with Crippen LogP contribution in [0, 0.1) is 13.8 Å². The van der Waals surface area contributed by atoms with E-state index in [0.29, 0.717) is 5.57 Å². The zero-order chi connectivity index (χ0) is 16.4. The Morgan fingerprint density at radius 2 is 2.00 bits per heavy atom. The lowest BCUT2D eigenvalue weighted by atomic mass is 10.1. The summed E-state index contributed by atoms with van der Waals surface area (Å²) in [6, 6.07) is 11.5. The lowest BCUT2D eigenvalue weighted by Gasteiger charge is -2.18. The number of rotatable bonds is 3. The highest BCUT2D eigenvalue weighted by molar-refractivity contribution is 6.07. The molecule has 4 heteroatoms. The first-order chi connectivity index (χ1) is 11.1. The van der Waals surface area contributed by atoms with Gasteiger partial charge in [-0.05, 0) is 49.8 Å². The van der Waals surface area contributed by atoms with Gasteiger partial charge < -0.3 is 14.8 Å². The summed E-state index contributed by atoms with van der Waals surface area (Å²) >= 11 is 0. The predicted molar refractivity (Wildman–Crippen MR) is 91.0 cm³/mol. The highest BCUT2D eigenvalue weighted by Gasteiger charge is 2.18. The van der Waals surface area contributed by atoms with E-state index in [9.17, 15) is 4.79 Å². The molecule has 23 heavy (non-hydrogen) atoms. The number of ether oxygens (including phenoxy) is 2. The predicted octanol–water partition coefficient (Wildman–Crippen LogP) is 3.73. The minimum atomic E-state index is -0.148. The van der Waals surface area contributed by atoms with Crippen molar-refractivity contribution in [3.8, 4) is 11.5 Å². The second-order valence-electron chi connectivity index (χ2n) is 5.63. The number of nitrogens with one attached hydrogen (secondary N) is 1. The molecular weight excluding hydrogens is 290 g/mol. The molecule has 1 aliphatic heterocycles. The van der Waals surface area contributed by atoms with Crippen LogP contribution in [0.3, 0.4) is 0 Å². The molecule has 118 valence electrons. The standard InChI is InChI=1S/C19H19NO3/c1-12-4-6-17(13(2)8-12)20-19(21)15-9-14-10-16(22-3)5-7-18(14)23-11-15/h4-10H,11H2,1-3H3,(H,20,21). The molecule has 1 N–H and O–H groups in total. The summed E-state index contributed by atoms with van der Waals surface area (Å²) < 4.78 is 10.9. The molecule has 0 aromatic heterocycles. The number of anilines is 1. The minimum absolute atomic E-state index is 0.148. The molecule has 0 bridgehead atoms. The number of carbonyl (C=O) groups is 1. The van der Waals surface area contributed by atoms with E-state index < -0.39 is 0 Å². The number of fused-ring (bicyclic) bond motifs is 1. The number of methoxy groups -OCH3 is 1. The van der Waals surface area contributed by atoms with Crippen molar-refractivity contribution >= 4 is 17.7 Å². The Morgan fingerprint density at radius 3 is 2.74 bits per heavy atom. The maximum absolute atomic E-state index is 12.5. The van der Waals surface area contributed by atoms with Gasteiger partial charge in [-0.1, -0.05) is 17.7 Å². The number of amides is 1. The van der Waals surface area contributed by atoms with E-state index in [2.05, 4.69) is 5.32 Å². The monoisotopic (exact) mass is 309 g/mol. The lowest BCUT2D eigenvalue weighted by molar-refractivity contribution is -0.113. The second kappa shape index (κ2) is 6.16. The summed E-state index contributed by atoms with van der Waals surface area (Å²) in [5.74, 6) is 1.35. The van der Waals surface area contributed by atoms with Crippen molar-refractivity contribution < 1.29 is 14.3 Å². The van der Waals surface area contributed by atoms with Crippen molar-refractivity contribution in [2.45, 2.75) is 13.8 Å². The van der Waals surface area contributed by atoms with Gasteiger partial charge in [0.15, 0.2) is 0 Å². The highest BCUT2D eigenvalue weighted by atomic mass is 16.5. The normalized spacial score (nSPS) is 12.7. The third kappa shape index (κ3) is 3.21.